The van der Waals surface area contributed by atoms with Crippen LogP contribution in [0.4, 0.5) is 14.5 Å². The highest BCUT2D eigenvalue weighted by molar-refractivity contribution is 7.92. The molecule has 0 radical (unpaired) electrons. The lowest BCUT2D eigenvalue weighted by molar-refractivity contribution is -0.0512. The van der Waals surface area contributed by atoms with E-state index in [-0.39, 0.29) is 28.5 Å². The highest BCUT2D eigenvalue weighted by Gasteiger charge is 2.16. The van der Waals surface area contributed by atoms with Crippen molar-refractivity contribution in [1.82, 2.24) is 5.32 Å². The number of hydrogen-bond acceptors (Lipinski definition) is 5. The molecule has 180 valence electrons. The third-order valence-corrected chi connectivity index (χ3v) is 6.48. The van der Waals surface area contributed by atoms with Gasteiger partial charge in [-0.25, -0.2) is 8.42 Å². The second-order valence-corrected chi connectivity index (χ2v) is 9.16. The number of benzene rings is 3. The minimum absolute atomic E-state index is 0.0154. The number of hydrogen-bond donors (Lipinski definition) is 2. The van der Waals surface area contributed by atoms with Crippen molar-refractivity contribution in [2.24, 2.45) is 0 Å². The molecule has 0 aromatic heterocycles. The van der Waals surface area contributed by atoms with E-state index >= 15 is 0 Å². The number of rotatable bonds is 9. The predicted octanol–water partition coefficient (Wildman–Crippen LogP) is 4.64. The first kappa shape index (κ1) is 25.0. The predicted molar refractivity (Wildman–Crippen MR) is 124 cm³/mol. The number of halogens is 2. The zero-order valence-electron chi connectivity index (χ0n) is 18.8. The van der Waals surface area contributed by atoms with Crippen LogP contribution in [0.1, 0.15) is 27.0 Å². The van der Waals surface area contributed by atoms with E-state index in [2.05, 4.69) is 14.8 Å². The average molecular weight is 491 g/mol. The van der Waals surface area contributed by atoms with Gasteiger partial charge in [-0.1, -0.05) is 12.1 Å². The van der Waals surface area contributed by atoms with Gasteiger partial charge in [-0.3, -0.25) is 9.52 Å². The van der Waals surface area contributed by atoms with Gasteiger partial charge in [0.2, 0.25) is 0 Å². The van der Waals surface area contributed by atoms with Crippen LogP contribution in [0.5, 0.6) is 11.5 Å². The average Bonchev–Trinajstić information content (AvgIpc) is 2.80. The molecule has 0 bridgehead atoms. The van der Waals surface area contributed by atoms with E-state index in [4.69, 9.17) is 4.74 Å². The van der Waals surface area contributed by atoms with Crippen molar-refractivity contribution in [2.75, 3.05) is 11.8 Å². The maximum absolute atomic E-state index is 12.7. The Morgan fingerprint density at radius 2 is 1.65 bits per heavy atom. The molecule has 0 aliphatic heterocycles. The molecule has 0 aliphatic rings. The van der Waals surface area contributed by atoms with Gasteiger partial charge in [-0.2, -0.15) is 8.78 Å². The molecule has 3 rings (SSSR count). The van der Waals surface area contributed by atoms with E-state index in [1.165, 1.54) is 49.6 Å². The third-order valence-electron chi connectivity index (χ3n) is 5.08. The summed E-state index contributed by atoms with van der Waals surface area (Å²) in [5.41, 5.74) is 3.32. The highest BCUT2D eigenvalue weighted by atomic mass is 32.2. The molecular weight excluding hydrogens is 466 g/mol. The van der Waals surface area contributed by atoms with Crippen LogP contribution in [-0.2, 0) is 16.6 Å². The van der Waals surface area contributed by atoms with Crippen LogP contribution in [0.3, 0.4) is 0 Å². The van der Waals surface area contributed by atoms with Crippen molar-refractivity contribution >= 4 is 21.6 Å². The fourth-order valence-electron chi connectivity index (χ4n) is 3.10. The normalized spacial score (nSPS) is 11.2. The molecule has 7 nitrogen and oxygen atoms in total. The molecule has 1 amide bonds. The molecule has 0 atom stereocenters. The van der Waals surface area contributed by atoms with Crippen molar-refractivity contribution in [3.63, 3.8) is 0 Å². The highest BCUT2D eigenvalue weighted by Crippen LogP contribution is 2.29. The number of anilines is 1. The molecule has 10 heteroatoms. The van der Waals surface area contributed by atoms with Gasteiger partial charge in [0, 0.05) is 17.8 Å². The summed E-state index contributed by atoms with van der Waals surface area (Å²) in [6.07, 6.45) is 0. The van der Waals surface area contributed by atoms with Crippen LogP contribution in [0.2, 0.25) is 0 Å². The monoisotopic (exact) mass is 490 g/mol. The van der Waals surface area contributed by atoms with E-state index in [0.717, 1.165) is 11.1 Å². The molecule has 34 heavy (non-hydrogen) atoms. The van der Waals surface area contributed by atoms with Gasteiger partial charge in [-0.15, -0.1) is 0 Å². The van der Waals surface area contributed by atoms with Gasteiger partial charge < -0.3 is 14.8 Å². The summed E-state index contributed by atoms with van der Waals surface area (Å²) in [6.45, 7) is 0.938. The largest absolute Gasteiger partial charge is 0.493 e. The van der Waals surface area contributed by atoms with Gasteiger partial charge in [0.1, 0.15) is 0 Å². The Balaban J connectivity index is 1.65. The summed E-state index contributed by atoms with van der Waals surface area (Å²) in [4.78, 5) is 12.5. The Bertz CT molecular complexity index is 1280. The minimum Gasteiger partial charge on any atom is -0.493 e. The molecule has 0 spiro atoms. The maximum Gasteiger partial charge on any atom is 0.387 e. The fraction of sp³-hybridized carbons (Fsp3) is 0.208. The van der Waals surface area contributed by atoms with E-state index < -0.39 is 22.5 Å². The van der Waals surface area contributed by atoms with Crippen LogP contribution >= 0.6 is 0 Å². The van der Waals surface area contributed by atoms with Gasteiger partial charge in [-0.05, 0) is 79.1 Å². The van der Waals surface area contributed by atoms with Gasteiger partial charge in [0.15, 0.2) is 11.5 Å². The number of alkyl halides is 2. The standard InChI is InChI=1S/C24H24F2N2O5S/c1-15-4-8-19(12-16(15)2)28-34(30,31)20-9-6-18(7-10-20)23(29)27-14-17-5-11-21(33-24(25)26)22(13-17)32-3/h4-13,24,28H,14H2,1-3H3,(H,27,29). The molecule has 0 saturated carbocycles. The second kappa shape index (κ2) is 10.5. The van der Waals surface area contributed by atoms with Gasteiger partial charge >= 0.3 is 6.61 Å². The molecule has 0 unspecified atom stereocenters. The van der Waals surface area contributed by atoms with Crippen molar-refractivity contribution in [2.45, 2.75) is 31.9 Å². The summed E-state index contributed by atoms with van der Waals surface area (Å²) >= 11 is 0. The Morgan fingerprint density at radius 3 is 2.26 bits per heavy atom. The first-order valence-corrected chi connectivity index (χ1v) is 11.7. The molecule has 3 aromatic carbocycles. The lowest BCUT2D eigenvalue weighted by Crippen LogP contribution is -2.23. The van der Waals surface area contributed by atoms with Gasteiger partial charge in [0.05, 0.1) is 12.0 Å². The summed E-state index contributed by atoms with van der Waals surface area (Å²) in [5.74, 6) is -0.436. The first-order valence-electron chi connectivity index (χ1n) is 10.2. The van der Waals surface area contributed by atoms with Crippen LogP contribution in [-0.4, -0.2) is 28.0 Å². The van der Waals surface area contributed by atoms with Crippen LogP contribution in [0.25, 0.3) is 0 Å². The van der Waals surface area contributed by atoms with Crippen molar-refractivity contribution in [3.05, 3.63) is 82.9 Å². The topological polar surface area (TPSA) is 93.7 Å². The van der Waals surface area contributed by atoms with Crippen molar-refractivity contribution in [1.29, 1.82) is 0 Å². The second-order valence-electron chi connectivity index (χ2n) is 7.48. The summed E-state index contributed by atoms with van der Waals surface area (Å²) < 4.78 is 62.2. The van der Waals surface area contributed by atoms with E-state index in [1.54, 1.807) is 12.1 Å². The van der Waals surface area contributed by atoms with Crippen LogP contribution in [0.15, 0.2) is 65.6 Å². The Morgan fingerprint density at radius 1 is 0.941 bits per heavy atom. The number of methoxy groups -OCH3 is 1. The lowest BCUT2D eigenvalue weighted by Gasteiger charge is -2.12. The van der Waals surface area contributed by atoms with Crippen molar-refractivity contribution < 1.29 is 31.5 Å². The van der Waals surface area contributed by atoms with E-state index in [1.807, 2.05) is 19.9 Å². The summed E-state index contributed by atoms with van der Waals surface area (Å²) in [7, 11) is -2.50. The zero-order chi connectivity index (χ0) is 24.9. The van der Waals surface area contributed by atoms with Crippen LogP contribution in [0, 0.1) is 13.8 Å². The van der Waals surface area contributed by atoms with Crippen molar-refractivity contribution in [3.8, 4) is 11.5 Å². The smallest absolute Gasteiger partial charge is 0.387 e. The summed E-state index contributed by atoms with van der Waals surface area (Å²) in [5, 5.41) is 2.69. The Labute approximate surface area is 196 Å². The quantitative estimate of drug-likeness (QED) is 0.456. The molecule has 0 fully saturated rings. The number of sulfonamides is 1. The molecule has 2 N–H and O–H groups in total. The minimum atomic E-state index is -3.82. The maximum atomic E-state index is 12.7. The number of ether oxygens (including phenoxy) is 2. The van der Waals surface area contributed by atoms with Crippen LogP contribution < -0.4 is 19.5 Å². The molecule has 0 aliphatic carbocycles. The zero-order valence-corrected chi connectivity index (χ0v) is 19.6. The Kier molecular flexibility index (Phi) is 7.72. The number of nitrogens with one attached hydrogen (secondary N) is 2. The molecule has 0 heterocycles. The fourth-order valence-corrected chi connectivity index (χ4v) is 4.15. The number of aryl methyl sites for hydroxylation is 2. The molecule has 3 aromatic rings. The molecule has 0 saturated heterocycles. The molecular formula is C24H24F2N2O5S. The first-order chi connectivity index (χ1) is 16.1. The summed E-state index contributed by atoms with van der Waals surface area (Å²) in [6, 6.07) is 15.1. The lowest BCUT2D eigenvalue weighted by atomic mass is 10.1. The number of amides is 1. The SMILES string of the molecule is COc1cc(CNC(=O)c2ccc(S(=O)(=O)Nc3ccc(C)c(C)c3)cc2)ccc1OC(F)F. The van der Waals surface area contributed by atoms with Gasteiger partial charge in [0.25, 0.3) is 15.9 Å². The van der Waals surface area contributed by atoms with E-state index in [9.17, 15) is 22.0 Å². The number of carbonyl (C=O) groups excluding carboxylic acids is 1. The Hall–Kier alpha value is -3.66. The van der Waals surface area contributed by atoms with E-state index in [0.29, 0.717) is 11.3 Å². The number of carbonyl (C=O) groups is 1. The third kappa shape index (κ3) is 6.22.